The summed E-state index contributed by atoms with van der Waals surface area (Å²) in [6.45, 7) is 9.27. The fourth-order valence-corrected chi connectivity index (χ4v) is 3.36. The van der Waals surface area contributed by atoms with E-state index in [9.17, 15) is 0 Å². The Morgan fingerprint density at radius 2 is 1.00 bits per heavy atom. The first kappa shape index (κ1) is 19.3. The van der Waals surface area contributed by atoms with E-state index >= 15 is 0 Å². The maximum absolute atomic E-state index is 2.39. The van der Waals surface area contributed by atoms with Gasteiger partial charge in [-0.2, -0.15) is 0 Å². The van der Waals surface area contributed by atoms with Crippen LogP contribution in [0.5, 0.6) is 0 Å². The summed E-state index contributed by atoms with van der Waals surface area (Å²) in [7, 11) is 0. The van der Waals surface area contributed by atoms with Crippen LogP contribution in [0.15, 0.2) is 24.3 Å². The van der Waals surface area contributed by atoms with E-state index in [1.807, 2.05) is 0 Å². The molecule has 0 N–H and O–H groups in total. The minimum Gasteiger partial charge on any atom is -0.0654 e. The quantitative estimate of drug-likeness (QED) is 0.383. The molecular formula is C22H38. The molecule has 0 heteroatoms. The first-order valence-corrected chi connectivity index (χ1v) is 9.81. The third-order valence-corrected chi connectivity index (χ3v) is 5.16. The third-order valence-electron chi connectivity index (χ3n) is 5.16. The second-order valence-corrected chi connectivity index (χ2v) is 7.06. The Bertz CT molecular complexity index is 325. The SMILES string of the molecule is CCCC[C@H](CC)Cc1ccc(C[C@@H](CC)CCCC)cc1. The summed E-state index contributed by atoms with van der Waals surface area (Å²) >= 11 is 0. The molecule has 1 aromatic carbocycles. The van der Waals surface area contributed by atoms with Crippen molar-refractivity contribution in [3.05, 3.63) is 35.4 Å². The van der Waals surface area contributed by atoms with E-state index in [1.54, 1.807) is 0 Å². The summed E-state index contributed by atoms with van der Waals surface area (Å²) in [6, 6.07) is 9.54. The molecular weight excluding hydrogens is 264 g/mol. The molecule has 0 amide bonds. The molecule has 0 aliphatic heterocycles. The normalized spacial score (nSPS) is 14.0. The van der Waals surface area contributed by atoms with E-state index in [4.69, 9.17) is 0 Å². The van der Waals surface area contributed by atoms with Gasteiger partial charge in [-0.05, 0) is 35.8 Å². The van der Waals surface area contributed by atoms with Gasteiger partial charge in [0.25, 0.3) is 0 Å². The Morgan fingerprint density at radius 3 is 1.27 bits per heavy atom. The van der Waals surface area contributed by atoms with Crippen LogP contribution in [0.3, 0.4) is 0 Å². The highest BCUT2D eigenvalue weighted by atomic mass is 14.1. The second-order valence-electron chi connectivity index (χ2n) is 7.06. The Morgan fingerprint density at radius 1 is 0.636 bits per heavy atom. The molecule has 0 aromatic heterocycles. The van der Waals surface area contributed by atoms with Gasteiger partial charge in [0.1, 0.15) is 0 Å². The van der Waals surface area contributed by atoms with Gasteiger partial charge in [0.05, 0.1) is 0 Å². The van der Waals surface area contributed by atoms with Crippen molar-refractivity contribution in [1.29, 1.82) is 0 Å². The smallest absolute Gasteiger partial charge is 0.0250 e. The van der Waals surface area contributed by atoms with Crippen LogP contribution in [-0.4, -0.2) is 0 Å². The first-order chi connectivity index (χ1) is 10.7. The van der Waals surface area contributed by atoms with E-state index in [2.05, 4.69) is 52.0 Å². The van der Waals surface area contributed by atoms with Gasteiger partial charge in [-0.1, -0.05) is 103 Å². The molecule has 0 unspecified atom stereocenters. The Kier molecular flexibility index (Phi) is 10.3. The second kappa shape index (κ2) is 11.7. The highest BCUT2D eigenvalue weighted by Crippen LogP contribution is 2.21. The van der Waals surface area contributed by atoms with E-state index in [-0.39, 0.29) is 0 Å². The van der Waals surface area contributed by atoms with Crippen molar-refractivity contribution in [1.82, 2.24) is 0 Å². The molecule has 0 aliphatic rings. The zero-order valence-corrected chi connectivity index (χ0v) is 15.5. The van der Waals surface area contributed by atoms with E-state index in [0.717, 1.165) is 11.8 Å². The Balaban J connectivity index is 2.50. The summed E-state index contributed by atoms with van der Waals surface area (Å²) in [5.74, 6) is 1.75. The van der Waals surface area contributed by atoms with Gasteiger partial charge in [-0.3, -0.25) is 0 Å². The topological polar surface area (TPSA) is 0 Å². The molecule has 0 saturated heterocycles. The summed E-state index contributed by atoms with van der Waals surface area (Å²) in [5, 5.41) is 0. The standard InChI is InChI=1S/C22H38/c1-5-9-11-19(7-3)17-21-13-15-22(16-14-21)18-20(8-4)12-10-6-2/h13-16,19-20H,5-12,17-18H2,1-4H3/t19-,20-/m0/s1. The highest BCUT2D eigenvalue weighted by Gasteiger charge is 2.09. The van der Waals surface area contributed by atoms with Gasteiger partial charge in [0, 0.05) is 0 Å². The molecule has 0 saturated carbocycles. The van der Waals surface area contributed by atoms with Crippen LogP contribution in [0.1, 0.15) is 90.2 Å². The number of hydrogen-bond donors (Lipinski definition) is 0. The van der Waals surface area contributed by atoms with Crippen LogP contribution in [0.4, 0.5) is 0 Å². The Hall–Kier alpha value is -0.780. The molecule has 126 valence electrons. The van der Waals surface area contributed by atoms with Crippen molar-refractivity contribution in [3.63, 3.8) is 0 Å². The largest absolute Gasteiger partial charge is 0.0654 e. The average molecular weight is 303 g/mol. The van der Waals surface area contributed by atoms with Crippen LogP contribution >= 0.6 is 0 Å². The molecule has 1 rings (SSSR count). The zero-order chi connectivity index (χ0) is 16.2. The number of rotatable bonds is 12. The summed E-state index contributed by atoms with van der Waals surface area (Å²) in [6.07, 6.45) is 13.4. The van der Waals surface area contributed by atoms with Gasteiger partial charge in [-0.25, -0.2) is 0 Å². The lowest BCUT2D eigenvalue weighted by Crippen LogP contribution is -2.05. The fraction of sp³-hybridized carbons (Fsp3) is 0.727. The van der Waals surface area contributed by atoms with Crippen LogP contribution in [0, 0.1) is 11.8 Å². The molecule has 0 radical (unpaired) electrons. The average Bonchev–Trinajstić information content (AvgIpc) is 2.56. The molecule has 0 nitrogen and oxygen atoms in total. The number of hydrogen-bond acceptors (Lipinski definition) is 0. The van der Waals surface area contributed by atoms with Crippen molar-refractivity contribution in [2.45, 2.75) is 91.9 Å². The molecule has 0 aliphatic carbocycles. The third kappa shape index (κ3) is 7.47. The van der Waals surface area contributed by atoms with Gasteiger partial charge < -0.3 is 0 Å². The minimum atomic E-state index is 0.874. The van der Waals surface area contributed by atoms with Crippen molar-refractivity contribution < 1.29 is 0 Å². The minimum absolute atomic E-state index is 0.874. The van der Waals surface area contributed by atoms with E-state index in [0.29, 0.717) is 0 Å². The van der Waals surface area contributed by atoms with Crippen LogP contribution in [0.25, 0.3) is 0 Å². The van der Waals surface area contributed by atoms with Crippen molar-refractivity contribution >= 4 is 0 Å². The fourth-order valence-electron chi connectivity index (χ4n) is 3.36. The predicted octanol–water partition coefficient (Wildman–Crippen LogP) is 7.20. The van der Waals surface area contributed by atoms with Crippen LogP contribution in [0.2, 0.25) is 0 Å². The number of unbranched alkanes of at least 4 members (excludes halogenated alkanes) is 2. The maximum atomic E-state index is 2.39. The van der Waals surface area contributed by atoms with E-state index < -0.39 is 0 Å². The predicted molar refractivity (Wildman–Crippen MR) is 100 cm³/mol. The lowest BCUT2D eigenvalue weighted by atomic mass is 9.89. The summed E-state index contributed by atoms with van der Waals surface area (Å²) in [4.78, 5) is 0. The van der Waals surface area contributed by atoms with Gasteiger partial charge in [0.2, 0.25) is 0 Å². The molecule has 0 fully saturated rings. The highest BCUT2D eigenvalue weighted by molar-refractivity contribution is 5.23. The lowest BCUT2D eigenvalue weighted by Gasteiger charge is -2.16. The molecule has 1 aromatic rings. The van der Waals surface area contributed by atoms with Gasteiger partial charge in [-0.15, -0.1) is 0 Å². The summed E-state index contributed by atoms with van der Waals surface area (Å²) < 4.78 is 0. The zero-order valence-electron chi connectivity index (χ0n) is 15.5. The van der Waals surface area contributed by atoms with Crippen LogP contribution in [-0.2, 0) is 12.8 Å². The molecule has 2 atom stereocenters. The molecule has 0 heterocycles. The first-order valence-electron chi connectivity index (χ1n) is 9.81. The van der Waals surface area contributed by atoms with Crippen molar-refractivity contribution in [3.8, 4) is 0 Å². The van der Waals surface area contributed by atoms with E-state index in [1.165, 1.54) is 75.3 Å². The van der Waals surface area contributed by atoms with Crippen molar-refractivity contribution in [2.75, 3.05) is 0 Å². The van der Waals surface area contributed by atoms with Crippen molar-refractivity contribution in [2.24, 2.45) is 11.8 Å². The summed E-state index contributed by atoms with van der Waals surface area (Å²) in [5.41, 5.74) is 3.07. The maximum Gasteiger partial charge on any atom is -0.0250 e. The van der Waals surface area contributed by atoms with Gasteiger partial charge in [0.15, 0.2) is 0 Å². The number of benzene rings is 1. The lowest BCUT2D eigenvalue weighted by molar-refractivity contribution is 0.446. The monoisotopic (exact) mass is 302 g/mol. The molecule has 0 bridgehead atoms. The van der Waals surface area contributed by atoms with Crippen LogP contribution < -0.4 is 0 Å². The molecule has 22 heavy (non-hydrogen) atoms. The van der Waals surface area contributed by atoms with Gasteiger partial charge >= 0.3 is 0 Å². The Labute approximate surface area is 139 Å². The molecule has 0 spiro atoms.